The molecule has 3 aliphatic rings. The molecular weight excluding hydrogens is 429 g/mol. The molecule has 0 unspecified atom stereocenters. The molecule has 0 spiro atoms. The Kier molecular flexibility index (Phi) is 5.41. The zero-order valence-electron chi connectivity index (χ0n) is 21.3. The summed E-state index contributed by atoms with van der Waals surface area (Å²) in [6.45, 7) is 14.0. The zero-order chi connectivity index (χ0) is 24.5. The van der Waals surface area contributed by atoms with Crippen molar-refractivity contribution < 1.29 is 18.8 Å². The van der Waals surface area contributed by atoms with Crippen LogP contribution in [0.5, 0.6) is 0 Å². The highest BCUT2D eigenvalue weighted by molar-refractivity contribution is 6.62. The number of carbonyl (C=O) groups is 1. The third-order valence-corrected chi connectivity index (χ3v) is 7.80. The van der Waals surface area contributed by atoms with E-state index in [0.29, 0.717) is 5.92 Å². The molecule has 7 nitrogen and oxygen atoms in total. The van der Waals surface area contributed by atoms with Crippen molar-refractivity contribution in [1.82, 2.24) is 14.9 Å². The number of aromatic amines is 1. The van der Waals surface area contributed by atoms with Crippen LogP contribution in [0.4, 0.5) is 4.79 Å². The SMILES string of the molecule is CC(C)(C)OC(=O)N1[C@@H]2CC[C@@H](C2)[C@H]1c1nc(-c2ccc(B3OC(C)(C)C(C)(C)O3)cc2)c[nH]1. The number of nitrogens with zero attached hydrogens (tertiary/aromatic N) is 2. The first-order chi connectivity index (χ1) is 15.8. The van der Waals surface area contributed by atoms with Crippen molar-refractivity contribution in [2.75, 3.05) is 0 Å². The number of fused-ring (bicyclic) bond motifs is 2. The molecule has 1 N–H and O–H groups in total. The number of rotatable bonds is 3. The fourth-order valence-corrected chi connectivity index (χ4v) is 5.34. The molecule has 5 rings (SSSR count). The number of ether oxygens (including phenoxy) is 1. The topological polar surface area (TPSA) is 76.7 Å². The lowest BCUT2D eigenvalue weighted by molar-refractivity contribution is 0.00578. The van der Waals surface area contributed by atoms with Gasteiger partial charge in [0.1, 0.15) is 11.4 Å². The van der Waals surface area contributed by atoms with Crippen molar-refractivity contribution in [1.29, 1.82) is 0 Å². The van der Waals surface area contributed by atoms with Crippen molar-refractivity contribution in [2.24, 2.45) is 5.92 Å². The van der Waals surface area contributed by atoms with Gasteiger partial charge in [-0.05, 0) is 79.1 Å². The van der Waals surface area contributed by atoms with Crippen molar-refractivity contribution in [3.8, 4) is 11.3 Å². The highest BCUT2D eigenvalue weighted by Gasteiger charge is 2.52. The fraction of sp³-hybridized carbons (Fsp3) is 0.615. The summed E-state index contributed by atoms with van der Waals surface area (Å²) in [5.41, 5.74) is 1.61. The molecule has 1 aromatic heterocycles. The molecule has 182 valence electrons. The molecule has 2 saturated heterocycles. The molecule has 1 aromatic carbocycles. The van der Waals surface area contributed by atoms with Crippen LogP contribution in [0.2, 0.25) is 0 Å². The molecule has 3 fully saturated rings. The predicted molar refractivity (Wildman–Crippen MR) is 132 cm³/mol. The lowest BCUT2D eigenvalue weighted by Crippen LogP contribution is -2.43. The normalized spacial score (nSPS) is 27.4. The van der Waals surface area contributed by atoms with Gasteiger partial charge in [0.05, 0.1) is 22.9 Å². The number of amides is 1. The molecule has 34 heavy (non-hydrogen) atoms. The van der Waals surface area contributed by atoms with E-state index in [1.807, 2.05) is 56.1 Å². The number of hydrogen-bond donors (Lipinski definition) is 1. The number of benzene rings is 1. The van der Waals surface area contributed by atoms with E-state index in [0.717, 1.165) is 41.8 Å². The van der Waals surface area contributed by atoms with E-state index >= 15 is 0 Å². The van der Waals surface area contributed by atoms with Crippen LogP contribution in [-0.4, -0.2) is 50.9 Å². The second-order valence-electron chi connectivity index (χ2n) is 11.9. The second kappa shape index (κ2) is 7.85. The smallest absolute Gasteiger partial charge is 0.444 e. The second-order valence-corrected chi connectivity index (χ2v) is 11.9. The first kappa shape index (κ1) is 23.4. The molecule has 3 atom stereocenters. The van der Waals surface area contributed by atoms with Crippen LogP contribution in [0.25, 0.3) is 11.3 Å². The first-order valence-corrected chi connectivity index (χ1v) is 12.4. The highest BCUT2D eigenvalue weighted by atomic mass is 16.7. The maximum absolute atomic E-state index is 13.0. The van der Waals surface area contributed by atoms with Crippen LogP contribution < -0.4 is 5.46 Å². The first-order valence-electron chi connectivity index (χ1n) is 12.4. The number of imidazole rings is 1. The van der Waals surface area contributed by atoms with Crippen LogP contribution in [0.15, 0.2) is 30.5 Å². The lowest BCUT2D eigenvalue weighted by atomic mass is 9.79. The molecule has 0 radical (unpaired) electrons. The van der Waals surface area contributed by atoms with E-state index in [2.05, 4.69) is 32.7 Å². The van der Waals surface area contributed by atoms with Gasteiger partial charge in [0.25, 0.3) is 0 Å². The van der Waals surface area contributed by atoms with Crippen LogP contribution in [-0.2, 0) is 14.0 Å². The summed E-state index contributed by atoms with van der Waals surface area (Å²) in [7, 11) is -0.384. The van der Waals surface area contributed by atoms with Crippen molar-refractivity contribution in [2.45, 2.75) is 96.6 Å². The Morgan fingerprint density at radius 1 is 1.12 bits per heavy atom. The number of piperidine rings is 1. The average Bonchev–Trinajstić information content (AvgIpc) is 3.49. The van der Waals surface area contributed by atoms with Crippen molar-refractivity contribution >= 4 is 18.7 Å². The molecular formula is C26H36BN3O4. The van der Waals surface area contributed by atoms with Gasteiger partial charge in [-0.3, -0.25) is 4.90 Å². The molecule has 2 aliphatic heterocycles. The summed E-state index contributed by atoms with van der Waals surface area (Å²) in [5, 5.41) is 0. The van der Waals surface area contributed by atoms with Crippen LogP contribution in [0.3, 0.4) is 0 Å². The Morgan fingerprint density at radius 3 is 2.38 bits per heavy atom. The van der Waals surface area contributed by atoms with E-state index in [-0.39, 0.29) is 36.5 Å². The minimum Gasteiger partial charge on any atom is -0.444 e. The van der Waals surface area contributed by atoms with Crippen molar-refractivity contribution in [3.05, 3.63) is 36.3 Å². The number of hydrogen-bond acceptors (Lipinski definition) is 5. The molecule has 1 aliphatic carbocycles. The summed E-state index contributed by atoms with van der Waals surface area (Å²) in [5.74, 6) is 1.25. The van der Waals surface area contributed by atoms with E-state index in [1.54, 1.807) is 0 Å². The minimum atomic E-state index is -0.517. The van der Waals surface area contributed by atoms with Crippen LogP contribution >= 0.6 is 0 Å². The average molecular weight is 465 g/mol. The monoisotopic (exact) mass is 465 g/mol. The summed E-state index contributed by atoms with van der Waals surface area (Å²) in [4.78, 5) is 23.2. The van der Waals surface area contributed by atoms with Gasteiger partial charge in [0.2, 0.25) is 0 Å². The molecule has 2 aromatic rings. The molecule has 1 amide bonds. The third kappa shape index (κ3) is 4.05. The van der Waals surface area contributed by atoms with E-state index < -0.39 is 5.60 Å². The summed E-state index contributed by atoms with van der Waals surface area (Å²) >= 11 is 0. The number of nitrogens with one attached hydrogen (secondary N) is 1. The molecule has 1 saturated carbocycles. The summed E-state index contributed by atoms with van der Waals surface area (Å²) < 4.78 is 18.1. The van der Waals surface area contributed by atoms with E-state index in [4.69, 9.17) is 19.0 Å². The Morgan fingerprint density at radius 2 is 1.76 bits per heavy atom. The minimum absolute atomic E-state index is 0.0635. The van der Waals surface area contributed by atoms with E-state index in [1.165, 1.54) is 0 Å². The number of carbonyl (C=O) groups excluding carboxylic acids is 1. The lowest BCUT2D eigenvalue weighted by Gasteiger charge is -2.35. The zero-order valence-corrected chi connectivity index (χ0v) is 21.3. The Balaban J connectivity index is 1.34. The van der Waals surface area contributed by atoms with Gasteiger partial charge >= 0.3 is 13.2 Å². The highest BCUT2D eigenvalue weighted by Crippen LogP contribution is 2.50. The summed E-state index contributed by atoms with van der Waals surface area (Å²) in [6, 6.07) is 8.34. The maximum Gasteiger partial charge on any atom is 0.494 e. The van der Waals surface area contributed by atoms with Gasteiger partial charge in [0, 0.05) is 17.8 Å². The number of aromatic nitrogens is 2. The van der Waals surface area contributed by atoms with Crippen molar-refractivity contribution in [3.63, 3.8) is 0 Å². The maximum atomic E-state index is 13.0. The fourth-order valence-electron chi connectivity index (χ4n) is 5.34. The van der Waals surface area contributed by atoms with E-state index in [9.17, 15) is 4.79 Å². The molecule has 3 heterocycles. The standard InChI is InChI=1S/C26H36BN3O4/c1-24(2,3)32-23(31)30-19-13-10-17(14-19)21(30)22-28-15-20(29-22)16-8-11-18(12-9-16)27-33-25(4,5)26(6,7)34-27/h8-9,11-12,15,17,19,21H,10,13-14H2,1-7H3,(H,28,29)/t17-,19+,21-/m0/s1. The third-order valence-electron chi connectivity index (χ3n) is 7.80. The predicted octanol–water partition coefficient (Wildman–Crippen LogP) is 4.84. The van der Waals surface area contributed by atoms with Gasteiger partial charge in [-0.1, -0.05) is 24.3 Å². The summed E-state index contributed by atoms with van der Waals surface area (Å²) in [6.07, 6.45) is 4.86. The van der Waals surface area contributed by atoms with Gasteiger partial charge in [0.15, 0.2) is 0 Å². The Labute approximate surface area is 202 Å². The number of H-pyrrole nitrogens is 1. The van der Waals surface area contributed by atoms with Gasteiger partial charge in [-0.25, -0.2) is 9.78 Å². The Bertz CT molecular complexity index is 1060. The van der Waals surface area contributed by atoms with Crippen LogP contribution in [0.1, 0.15) is 79.6 Å². The number of likely N-dealkylation sites (tertiary alicyclic amines) is 1. The van der Waals surface area contributed by atoms with Crippen LogP contribution in [0, 0.1) is 5.92 Å². The largest absolute Gasteiger partial charge is 0.494 e. The van der Waals surface area contributed by atoms with Gasteiger partial charge in [-0.15, -0.1) is 0 Å². The van der Waals surface area contributed by atoms with Gasteiger partial charge < -0.3 is 19.0 Å². The molecule has 8 heteroatoms. The van der Waals surface area contributed by atoms with Gasteiger partial charge in [-0.2, -0.15) is 0 Å². The Hall–Kier alpha value is -2.32. The molecule has 2 bridgehead atoms. The quantitative estimate of drug-likeness (QED) is 0.657.